The molecular formula is C19H20N4O5S. The molecule has 0 unspecified atom stereocenters. The van der Waals surface area contributed by atoms with E-state index in [9.17, 15) is 19.2 Å². The van der Waals surface area contributed by atoms with Crippen LogP contribution in [-0.2, 0) is 22.4 Å². The summed E-state index contributed by atoms with van der Waals surface area (Å²) in [5, 5.41) is 5.37. The van der Waals surface area contributed by atoms with Crippen LogP contribution < -0.4 is 22.1 Å². The number of hydrogen-bond acceptors (Lipinski definition) is 6. The largest absolute Gasteiger partial charge is 0.449 e. The van der Waals surface area contributed by atoms with Crippen molar-refractivity contribution in [3.63, 3.8) is 0 Å². The summed E-state index contributed by atoms with van der Waals surface area (Å²) < 4.78 is 5.20. The van der Waals surface area contributed by atoms with Gasteiger partial charge in [0.05, 0.1) is 11.1 Å². The number of carbonyl (C=O) groups is 4. The van der Waals surface area contributed by atoms with E-state index in [4.69, 9.17) is 16.2 Å². The lowest BCUT2D eigenvalue weighted by Crippen LogP contribution is -2.30. The molecule has 0 fully saturated rings. The molecule has 1 aromatic carbocycles. The molecule has 9 nitrogen and oxygen atoms in total. The summed E-state index contributed by atoms with van der Waals surface area (Å²) in [4.78, 5) is 48.6. The van der Waals surface area contributed by atoms with Gasteiger partial charge in [0.1, 0.15) is 5.00 Å². The van der Waals surface area contributed by atoms with Gasteiger partial charge in [0.15, 0.2) is 6.10 Å². The molecule has 0 aliphatic heterocycles. The van der Waals surface area contributed by atoms with E-state index in [2.05, 4.69) is 10.6 Å². The highest BCUT2D eigenvalue weighted by molar-refractivity contribution is 7.17. The number of hydrogen-bond donors (Lipinski definition) is 4. The Labute approximate surface area is 170 Å². The van der Waals surface area contributed by atoms with E-state index in [1.165, 1.54) is 30.4 Å². The van der Waals surface area contributed by atoms with Crippen molar-refractivity contribution in [1.29, 1.82) is 0 Å². The van der Waals surface area contributed by atoms with Crippen LogP contribution in [0.15, 0.2) is 24.3 Å². The van der Waals surface area contributed by atoms with Crippen molar-refractivity contribution < 1.29 is 23.9 Å². The molecule has 6 N–H and O–H groups in total. The number of nitrogens with one attached hydrogen (secondary N) is 2. The fourth-order valence-electron chi connectivity index (χ4n) is 3.11. The molecule has 0 saturated carbocycles. The van der Waals surface area contributed by atoms with E-state index in [0.29, 0.717) is 16.3 Å². The monoisotopic (exact) mass is 416 g/mol. The highest BCUT2D eigenvalue weighted by atomic mass is 32.1. The highest BCUT2D eigenvalue weighted by Crippen LogP contribution is 2.38. The second kappa shape index (κ2) is 8.31. The van der Waals surface area contributed by atoms with Crippen LogP contribution >= 0.6 is 11.3 Å². The number of esters is 1. The van der Waals surface area contributed by atoms with Crippen molar-refractivity contribution in [2.24, 2.45) is 11.5 Å². The molecule has 1 aromatic heterocycles. The van der Waals surface area contributed by atoms with Crippen molar-refractivity contribution in [1.82, 2.24) is 0 Å². The van der Waals surface area contributed by atoms with Crippen LogP contribution in [0.1, 0.15) is 44.5 Å². The molecule has 0 radical (unpaired) electrons. The standard InChI is InChI=1S/C19H20N4O5S/c1-9(28-18(26)10-4-2-5-11(8-10)22-19(21)27)16(25)23-17-14(15(20)24)12-6-3-7-13(12)29-17/h2,4-5,8-9H,3,6-7H2,1H3,(H2,20,24)(H,23,25)(H3,21,22,27)/t9-/m1/s1. The van der Waals surface area contributed by atoms with Gasteiger partial charge in [-0.05, 0) is 49.9 Å². The van der Waals surface area contributed by atoms with Gasteiger partial charge in [0.25, 0.3) is 11.8 Å². The normalized spacial score (nSPS) is 13.3. The maximum absolute atomic E-state index is 12.5. The topological polar surface area (TPSA) is 154 Å². The van der Waals surface area contributed by atoms with Gasteiger partial charge in [-0.2, -0.15) is 0 Å². The second-order valence-corrected chi connectivity index (χ2v) is 7.64. The zero-order valence-corrected chi connectivity index (χ0v) is 16.4. The molecule has 2 aromatic rings. The first-order valence-electron chi connectivity index (χ1n) is 8.89. The molecule has 1 atom stereocenters. The summed E-state index contributed by atoms with van der Waals surface area (Å²) >= 11 is 1.32. The number of urea groups is 1. The minimum absolute atomic E-state index is 0.142. The van der Waals surface area contributed by atoms with E-state index < -0.39 is 29.9 Å². The molecule has 1 aliphatic carbocycles. The summed E-state index contributed by atoms with van der Waals surface area (Å²) in [6.07, 6.45) is 1.43. The predicted octanol–water partition coefficient (Wildman–Crippen LogP) is 2.01. The molecule has 1 heterocycles. The fraction of sp³-hybridized carbons (Fsp3) is 0.263. The maximum atomic E-state index is 12.5. The average molecular weight is 416 g/mol. The molecule has 152 valence electrons. The molecule has 10 heteroatoms. The van der Waals surface area contributed by atoms with Gasteiger partial charge in [-0.25, -0.2) is 9.59 Å². The number of thiophene rings is 1. The van der Waals surface area contributed by atoms with Gasteiger partial charge in [-0.1, -0.05) is 6.07 Å². The number of anilines is 2. The second-order valence-electron chi connectivity index (χ2n) is 6.53. The summed E-state index contributed by atoms with van der Waals surface area (Å²) in [6.45, 7) is 1.42. The van der Waals surface area contributed by atoms with Gasteiger partial charge in [0, 0.05) is 10.6 Å². The van der Waals surface area contributed by atoms with Crippen LogP contribution in [0.3, 0.4) is 0 Å². The van der Waals surface area contributed by atoms with Gasteiger partial charge < -0.3 is 26.8 Å². The van der Waals surface area contributed by atoms with E-state index in [1.54, 1.807) is 12.1 Å². The van der Waals surface area contributed by atoms with Crippen LogP contribution in [0.5, 0.6) is 0 Å². The molecule has 0 saturated heterocycles. The Morgan fingerprint density at radius 1 is 1.14 bits per heavy atom. The van der Waals surface area contributed by atoms with Gasteiger partial charge >= 0.3 is 12.0 Å². The third-order valence-electron chi connectivity index (χ3n) is 4.42. The minimum atomic E-state index is -1.12. The quantitative estimate of drug-likeness (QED) is 0.531. The van der Waals surface area contributed by atoms with Gasteiger partial charge in [-0.3, -0.25) is 9.59 Å². The smallest absolute Gasteiger partial charge is 0.338 e. The van der Waals surface area contributed by atoms with E-state index in [1.807, 2.05) is 0 Å². The van der Waals surface area contributed by atoms with Crippen molar-refractivity contribution in [3.05, 3.63) is 45.8 Å². The molecule has 0 spiro atoms. The van der Waals surface area contributed by atoms with Crippen LogP contribution in [0.2, 0.25) is 0 Å². The van der Waals surface area contributed by atoms with Gasteiger partial charge in [0.2, 0.25) is 0 Å². The number of amides is 4. The number of nitrogens with two attached hydrogens (primary N) is 2. The van der Waals surface area contributed by atoms with E-state index in [-0.39, 0.29) is 5.56 Å². The number of primary amides is 2. The van der Waals surface area contributed by atoms with E-state index >= 15 is 0 Å². The van der Waals surface area contributed by atoms with Crippen LogP contribution in [0.25, 0.3) is 0 Å². The Morgan fingerprint density at radius 3 is 2.59 bits per heavy atom. The molecule has 0 bridgehead atoms. The first-order chi connectivity index (χ1) is 13.8. The van der Waals surface area contributed by atoms with Crippen LogP contribution in [0, 0.1) is 0 Å². The lowest BCUT2D eigenvalue weighted by atomic mass is 10.1. The Hall–Kier alpha value is -3.40. The number of benzene rings is 1. The summed E-state index contributed by atoms with van der Waals surface area (Å²) in [5.41, 5.74) is 12.2. The number of aryl methyl sites for hydroxylation is 1. The van der Waals surface area contributed by atoms with Crippen molar-refractivity contribution in [3.8, 4) is 0 Å². The Morgan fingerprint density at radius 2 is 1.90 bits per heavy atom. The minimum Gasteiger partial charge on any atom is -0.449 e. The number of ether oxygens (including phenoxy) is 1. The molecule has 3 rings (SSSR count). The summed E-state index contributed by atoms with van der Waals surface area (Å²) in [5.74, 6) is -1.92. The van der Waals surface area contributed by atoms with Crippen molar-refractivity contribution in [2.45, 2.75) is 32.3 Å². The Balaban J connectivity index is 1.68. The number of fused-ring (bicyclic) bond motifs is 1. The van der Waals surface area contributed by atoms with Crippen molar-refractivity contribution in [2.75, 3.05) is 10.6 Å². The Kier molecular flexibility index (Phi) is 5.83. The van der Waals surface area contributed by atoms with Crippen LogP contribution in [0.4, 0.5) is 15.5 Å². The molecule has 29 heavy (non-hydrogen) atoms. The zero-order valence-electron chi connectivity index (χ0n) is 15.6. The Bertz CT molecular complexity index is 1000. The van der Waals surface area contributed by atoms with Gasteiger partial charge in [-0.15, -0.1) is 11.3 Å². The average Bonchev–Trinajstić information content (AvgIpc) is 3.21. The summed E-state index contributed by atoms with van der Waals surface area (Å²) in [7, 11) is 0. The SMILES string of the molecule is C[C@@H](OC(=O)c1cccc(NC(N)=O)c1)C(=O)Nc1sc2c(c1C(N)=O)CCC2. The lowest BCUT2D eigenvalue weighted by Gasteiger charge is -2.14. The molecule has 1 aliphatic rings. The maximum Gasteiger partial charge on any atom is 0.338 e. The first-order valence-corrected chi connectivity index (χ1v) is 9.70. The highest BCUT2D eigenvalue weighted by Gasteiger charge is 2.28. The van der Waals surface area contributed by atoms with Crippen LogP contribution in [-0.4, -0.2) is 29.9 Å². The van der Waals surface area contributed by atoms with E-state index in [0.717, 1.165) is 29.7 Å². The molecule has 4 amide bonds. The van der Waals surface area contributed by atoms with Crippen molar-refractivity contribution >= 4 is 45.8 Å². The number of rotatable bonds is 6. The number of carbonyl (C=O) groups excluding carboxylic acids is 4. The first kappa shape index (κ1) is 20.3. The third kappa shape index (κ3) is 4.54. The summed E-state index contributed by atoms with van der Waals surface area (Å²) in [6, 6.07) is 5.19. The predicted molar refractivity (Wildman–Crippen MR) is 108 cm³/mol. The zero-order chi connectivity index (χ0) is 21.1. The fourth-order valence-corrected chi connectivity index (χ4v) is 4.41. The lowest BCUT2D eigenvalue weighted by molar-refractivity contribution is -0.123. The third-order valence-corrected chi connectivity index (χ3v) is 5.63. The molecular weight excluding hydrogens is 396 g/mol.